The van der Waals surface area contributed by atoms with Gasteiger partial charge in [-0.3, -0.25) is 0 Å². The molecular formula is C14H16F2N2OS. The Bertz CT molecular complexity index is 586. The fourth-order valence-corrected chi connectivity index (χ4v) is 2.95. The van der Waals surface area contributed by atoms with Gasteiger partial charge in [-0.05, 0) is 32.9 Å². The second kappa shape index (κ2) is 6.17. The summed E-state index contributed by atoms with van der Waals surface area (Å²) in [5.41, 5.74) is 1.46. The molecule has 1 heterocycles. The van der Waals surface area contributed by atoms with Crippen LogP contribution in [0.4, 0.5) is 14.5 Å². The van der Waals surface area contributed by atoms with E-state index in [4.69, 9.17) is 0 Å². The highest BCUT2D eigenvalue weighted by Crippen LogP contribution is 2.31. The minimum Gasteiger partial charge on any atom is -0.433 e. The van der Waals surface area contributed by atoms with Gasteiger partial charge in [0.2, 0.25) is 0 Å². The van der Waals surface area contributed by atoms with Crippen molar-refractivity contribution in [3.63, 3.8) is 0 Å². The Morgan fingerprint density at radius 3 is 2.55 bits per heavy atom. The van der Waals surface area contributed by atoms with Crippen molar-refractivity contribution in [3.8, 4) is 5.75 Å². The van der Waals surface area contributed by atoms with E-state index in [9.17, 15) is 8.78 Å². The highest BCUT2D eigenvalue weighted by molar-refractivity contribution is 7.11. The quantitative estimate of drug-likeness (QED) is 0.880. The van der Waals surface area contributed by atoms with Crippen LogP contribution in [0.1, 0.15) is 28.5 Å². The van der Waals surface area contributed by atoms with Crippen LogP contribution in [0, 0.1) is 13.8 Å². The number of hydrogen-bond donors (Lipinski definition) is 1. The lowest BCUT2D eigenvalue weighted by molar-refractivity contribution is -0.0493. The first-order valence-corrected chi connectivity index (χ1v) is 7.03. The fraction of sp³-hybridized carbons (Fsp3) is 0.357. The van der Waals surface area contributed by atoms with Crippen LogP contribution in [0.5, 0.6) is 5.75 Å². The first-order valence-electron chi connectivity index (χ1n) is 6.21. The molecule has 108 valence electrons. The zero-order valence-electron chi connectivity index (χ0n) is 11.5. The van der Waals surface area contributed by atoms with Crippen molar-refractivity contribution in [2.24, 2.45) is 0 Å². The summed E-state index contributed by atoms with van der Waals surface area (Å²) >= 11 is 1.62. The van der Waals surface area contributed by atoms with Gasteiger partial charge in [-0.15, -0.1) is 11.3 Å². The average molecular weight is 298 g/mol. The Morgan fingerprint density at radius 2 is 1.95 bits per heavy atom. The first-order chi connectivity index (χ1) is 9.47. The lowest BCUT2D eigenvalue weighted by atomic mass is 10.2. The van der Waals surface area contributed by atoms with Gasteiger partial charge in [-0.1, -0.05) is 12.1 Å². The van der Waals surface area contributed by atoms with E-state index in [1.165, 1.54) is 6.07 Å². The molecule has 1 unspecified atom stereocenters. The largest absolute Gasteiger partial charge is 0.433 e. The molecule has 2 rings (SSSR count). The van der Waals surface area contributed by atoms with Crippen molar-refractivity contribution in [3.05, 3.63) is 39.8 Å². The highest BCUT2D eigenvalue weighted by Gasteiger charge is 2.16. The molecule has 1 aromatic carbocycles. The summed E-state index contributed by atoms with van der Waals surface area (Å²) in [4.78, 5) is 5.58. The second-order valence-corrected chi connectivity index (χ2v) is 5.82. The Balaban J connectivity index is 2.19. The molecule has 0 bridgehead atoms. The third kappa shape index (κ3) is 3.45. The normalized spacial score (nSPS) is 12.5. The summed E-state index contributed by atoms with van der Waals surface area (Å²) in [6.07, 6.45) is 0. The molecule has 6 heteroatoms. The average Bonchev–Trinajstić information content (AvgIpc) is 2.70. The summed E-state index contributed by atoms with van der Waals surface area (Å²) in [5.74, 6) is 0.138. The molecule has 0 amide bonds. The standard InChI is InChI=1S/C14H16F2N2OS/c1-8(13-9(2)20-10(3)18-13)17-11-6-4-5-7-12(11)19-14(15)16/h4-8,14,17H,1-3H3. The molecule has 0 fully saturated rings. The van der Waals surface area contributed by atoms with Gasteiger partial charge in [-0.2, -0.15) is 8.78 Å². The van der Waals surface area contributed by atoms with Crippen LogP contribution in [-0.2, 0) is 0 Å². The number of thiazole rings is 1. The third-order valence-corrected chi connectivity index (χ3v) is 3.73. The van der Waals surface area contributed by atoms with Gasteiger partial charge in [0.1, 0.15) is 5.75 Å². The van der Waals surface area contributed by atoms with Crippen molar-refractivity contribution < 1.29 is 13.5 Å². The van der Waals surface area contributed by atoms with Crippen molar-refractivity contribution in [2.45, 2.75) is 33.4 Å². The number of nitrogens with one attached hydrogen (secondary N) is 1. The fourth-order valence-electron chi connectivity index (χ4n) is 2.03. The predicted molar refractivity (Wildman–Crippen MR) is 76.7 cm³/mol. The molecule has 0 radical (unpaired) electrons. The van der Waals surface area contributed by atoms with Gasteiger partial charge in [0, 0.05) is 4.88 Å². The maximum atomic E-state index is 12.4. The van der Waals surface area contributed by atoms with Crippen LogP contribution in [0.15, 0.2) is 24.3 Å². The summed E-state index contributed by atoms with van der Waals surface area (Å²) in [6.45, 7) is 3.05. The molecule has 1 N–H and O–H groups in total. The summed E-state index contributed by atoms with van der Waals surface area (Å²) < 4.78 is 29.2. The van der Waals surface area contributed by atoms with Gasteiger partial charge >= 0.3 is 6.61 Å². The Kier molecular flexibility index (Phi) is 4.54. The zero-order valence-corrected chi connectivity index (χ0v) is 12.3. The Morgan fingerprint density at radius 1 is 1.25 bits per heavy atom. The van der Waals surface area contributed by atoms with Crippen LogP contribution in [0.3, 0.4) is 0 Å². The molecule has 0 aliphatic carbocycles. The smallest absolute Gasteiger partial charge is 0.387 e. The Labute approximate surface area is 120 Å². The first kappa shape index (κ1) is 14.7. The minimum atomic E-state index is -2.84. The molecule has 1 atom stereocenters. The Hall–Kier alpha value is -1.69. The number of anilines is 1. The lowest BCUT2D eigenvalue weighted by Crippen LogP contribution is -2.11. The van der Waals surface area contributed by atoms with Crippen LogP contribution in [0.25, 0.3) is 0 Å². The summed E-state index contributed by atoms with van der Waals surface area (Å²) in [6, 6.07) is 6.57. The SMILES string of the molecule is Cc1nc(C(C)Nc2ccccc2OC(F)F)c(C)s1. The predicted octanol–water partition coefficient (Wildman–Crippen LogP) is 4.53. The van der Waals surface area contributed by atoms with E-state index in [0.29, 0.717) is 5.69 Å². The van der Waals surface area contributed by atoms with Crippen LogP contribution < -0.4 is 10.1 Å². The van der Waals surface area contributed by atoms with Crippen molar-refractivity contribution >= 4 is 17.0 Å². The summed E-state index contributed by atoms with van der Waals surface area (Å²) in [7, 11) is 0. The number of halogens is 2. The van der Waals surface area contributed by atoms with E-state index in [-0.39, 0.29) is 11.8 Å². The molecule has 0 aliphatic rings. The number of hydrogen-bond acceptors (Lipinski definition) is 4. The van der Waals surface area contributed by atoms with E-state index in [0.717, 1.165) is 15.6 Å². The number of rotatable bonds is 5. The van der Waals surface area contributed by atoms with Crippen LogP contribution in [-0.4, -0.2) is 11.6 Å². The molecule has 1 aromatic heterocycles. The van der Waals surface area contributed by atoms with Gasteiger partial charge in [0.05, 0.1) is 22.4 Å². The number of para-hydroxylation sites is 2. The van der Waals surface area contributed by atoms with Gasteiger partial charge < -0.3 is 10.1 Å². The molecule has 0 spiro atoms. The number of aromatic nitrogens is 1. The van der Waals surface area contributed by atoms with Crippen molar-refractivity contribution in [1.29, 1.82) is 0 Å². The number of alkyl halides is 2. The third-order valence-electron chi connectivity index (χ3n) is 2.82. The molecule has 0 saturated carbocycles. The maximum absolute atomic E-state index is 12.4. The van der Waals surface area contributed by atoms with Crippen molar-refractivity contribution in [1.82, 2.24) is 4.98 Å². The summed E-state index contributed by atoms with van der Waals surface area (Å²) in [5, 5.41) is 4.16. The van der Waals surface area contributed by atoms with E-state index in [2.05, 4.69) is 15.0 Å². The monoisotopic (exact) mass is 298 g/mol. The van der Waals surface area contributed by atoms with Gasteiger partial charge in [0.25, 0.3) is 0 Å². The number of nitrogens with zero attached hydrogens (tertiary/aromatic N) is 1. The maximum Gasteiger partial charge on any atom is 0.387 e. The molecule has 3 nitrogen and oxygen atoms in total. The molecule has 2 aromatic rings. The van der Waals surface area contributed by atoms with E-state index in [1.807, 2.05) is 20.8 Å². The zero-order chi connectivity index (χ0) is 14.7. The van der Waals surface area contributed by atoms with Crippen molar-refractivity contribution in [2.75, 3.05) is 5.32 Å². The molecular weight excluding hydrogens is 282 g/mol. The van der Waals surface area contributed by atoms with E-state index in [1.54, 1.807) is 29.5 Å². The number of aryl methyl sites for hydroxylation is 2. The van der Waals surface area contributed by atoms with Crippen LogP contribution in [0.2, 0.25) is 0 Å². The van der Waals surface area contributed by atoms with E-state index >= 15 is 0 Å². The molecule has 20 heavy (non-hydrogen) atoms. The second-order valence-electron chi connectivity index (χ2n) is 4.41. The molecule has 0 saturated heterocycles. The van der Waals surface area contributed by atoms with Crippen LogP contribution >= 0.6 is 11.3 Å². The topological polar surface area (TPSA) is 34.2 Å². The molecule has 0 aliphatic heterocycles. The lowest BCUT2D eigenvalue weighted by Gasteiger charge is -2.17. The van der Waals surface area contributed by atoms with Gasteiger partial charge in [-0.25, -0.2) is 4.98 Å². The van der Waals surface area contributed by atoms with E-state index < -0.39 is 6.61 Å². The number of benzene rings is 1. The minimum absolute atomic E-state index is 0.0811. The number of ether oxygens (including phenoxy) is 1. The van der Waals surface area contributed by atoms with Gasteiger partial charge in [0.15, 0.2) is 0 Å². The highest BCUT2D eigenvalue weighted by atomic mass is 32.1.